The van der Waals surface area contributed by atoms with Crippen LogP contribution in [0.1, 0.15) is 17.1 Å². The molecule has 0 bridgehead atoms. The van der Waals surface area contributed by atoms with E-state index in [-0.39, 0.29) is 18.9 Å². The fraction of sp³-hybridized carbons (Fsp3) is 0.250. The fourth-order valence-corrected chi connectivity index (χ4v) is 1.58. The summed E-state index contributed by atoms with van der Waals surface area (Å²) in [4.78, 5) is 11.5. The van der Waals surface area contributed by atoms with E-state index in [2.05, 4.69) is 0 Å². The van der Waals surface area contributed by atoms with Crippen molar-refractivity contribution in [2.75, 3.05) is 0 Å². The number of furan rings is 1. The minimum Gasteiger partial charge on any atom is -0.462 e. The first-order chi connectivity index (χ1) is 8.90. The summed E-state index contributed by atoms with van der Waals surface area (Å²) in [5.41, 5.74) is -1.46. The summed E-state index contributed by atoms with van der Waals surface area (Å²) < 4.78 is 43.6. The molecular weight excluding hydrogens is 263 g/mol. The van der Waals surface area contributed by atoms with E-state index in [1.54, 1.807) is 0 Å². The van der Waals surface area contributed by atoms with Gasteiger partial charge in [-0.3, -0.25) is 4.79 Å². The van der Waals surface area contributed by atoms with E-state index in [0.717, 1.165) is 22.9 Å². The molecule has 102 valence electrons. The smallest absolute Gasteiger partial charge is 0.417 e. The maximum absolute atomic E-state index is 12.5. The van der Waals surface area contributed by atoms with Crippen LogP contribution in [0.2, 0.25) is 0 Å². The van der Waals surface area contributed by atoms with Crippen molar-refractivity contribution in [1.29, 1.82) is 0 Å². The number of nitrogens with zero attached hydrogens (tertiary/aromatic N) is 1. The molecule has 2 rings (SSSR count). The predicted octanol–water partition coefficient (Wildman–Crippen LogP) is 2.00. The van der Waals surface area contributed by atoms with Crippen molar-refractivity contribution in [3.8, 4) is 0 Å². The van der Waals surface area contributed by atoms with Crippen molar-refractivity contribution in [1.82, 2.24) is 4.57 Å². The Labute approximate surface area is 105 Å². The zero-order chi connectivity index (χ0) is 14.0. The minimum atomic E-state index is -4.51. The number of aromatic nitrogens is 1. The molecule has 4 nitrogen and oxygen atoms in total. The summed E-state index contributed by atoms with van der Waals surface area (Å²) in [6, 6.07) is 4.59. The van der Waals surface area contributed by atoms with Gasteiger partial charge in [0.1, 0.15) is 18.1 Å². The Morgan fingerprint density at radius 2 is 1.84 bits per heavy atom. The van der Waals surface area contributed by atoms with Gasteiger partial charge < -0.3 is 14.1 Å². The summed E-state index contributed by atoms with van der Waals surface area (Å²) in [5.74, 6) is 0.584. The van der Waals surface area contributed by atoms with Crippen molar-refractivity contribution in [2.45, 2.75) is 19.3 Å². The van der Waals surface area contributed by atoms with Crippen LogP contribution < -0.4 is 5.56 Å². The van der Waals surface area contributed by atoms with Gasteiger partial charge in [0.25, 0.3) is 5.56 Å². The number of hydrogen-bond donors (Lipinski definition) is 1. The summed E-state index contributed by atoms with van der Waals surface area (Å²) in [6.45, 7) is -0.430. The van der Waals surface area contributed by atoms with E-state index in [9.17, 15) is 18.0 Å². The van der Waals surface area contributed by atoms with Crippen molar-refractivity contribution < 1.29 is 22.7 Å². The second-order valence-electron chi connectivity index (χ2n) is 3.91. The average Bonchev–Trinajstić information content (AvgIpc) is 2.78. The summed E-state index contributed by atoms with van der Waals surface area (Å²) >= 11 is 0. The maximum Gasteiger partial charge on any atom is 0.417 e. The van der Waals surface area contributed by atoms with Crippen LogP contribution in [0.5, 0.6) is 0 Å². The van der Waals surface area contributed by atoms with E-state index in [0.29, 0.717) is 5.76 Å². The predicted molar refractivity (Wildman–Crippen MR) is 59.4 cm³/mol. The van der Waals surface area contributed by atoms with Gasteiger partial charge in [0.05, 0.1) is 12.1 Å². The number of aliphatic hydroxyl groups is 1. The molecule has 0 aliphatic carbocycles. The number of rotatable bonds is 3. The molecule has 0 spiro atoms. The van der Waals surface area contributed by atoms with Gasteiger partial charge in [0.2, 0.25) is 0 Å². The second kappa shape index (κ2) is 4.93. The second-order valence-corrected chi connectivity index (χ2v) is 3.91. The summed E-state index contributed by atoms with van der Waals surface area (Å²) in [7, 11) is 0. The van der Waals surface area contributed by atoms with Crippen LogP contribution >= 0.6 is 0 Å². The molecule has 0 aromatic carbocycles. The van der Waals surface area contributed by atoms with E-state index < -0.39 is 17.3 Å². The highest BCUT2D eigenvalue weighted by Crippen LogP contribution is 2.28. The topological polar surface area (TPSA) is 55.4 Å². The molecule has 1 N–H and O–H groups in total. The highest BCUT2D eigenvalue weighted by Gasteiger charge is 2.31. The minimum absolute atomic E-state index is 0.122. The molecule has 0 unspecified atom stereocenters. The lowest BCUT2D eigenvalue weighted by Gasteiger charge is -2.09. The molecule has 2 heterocycles. The Balaban J connectivity index is 2.31. The van der Waals surface area contributed by atoms with Gasteiger partial charge in [0.15, 0.2) is 0 Å². The van der Waals surface area contributed by atoms with Crippen LogP contribution in [0.4, 0.5) is 13.2 Å². The molecule has 0 amide bonds. The average molecular weight is 273 g/mol. The highest BCUT2D eigenvalue weighted by molar-refractivity contribution is 5.15. The van der Waals surface area contributed by atoms with Crippen molar-refractivity contribution in [3.05, 3.63) is 57.9 Å². The quantitative estimate of drug-likeness (QED) is 0.930. The molecule has 19 heavy (non-hydrogen) atoms. The normalized spacial score (nSPS) is 11.8. The van der Waals surface area contributed by atoms with E-state index in [1.807, 2.05) is 0 Å². The number of alkyl halides is 3. The molecule has 7 heteroatoms. The molecule has 0 fully saturated rings. The van der Waals surface area contributed by atoms with Crippen molar-refractivity contribution >= 4 is 0 Å². The number of pyridine rings is 1. The molecular formula is C12H10F3NO3. The standard InChI is InChI=1S/C12H10F3NO3/c13-12(14,15)8-1-4-11(18)16(5-8)6-9-2-3-10(7-17)19-9/h1-5,17H,6-7H2. The van der Waals surface area contributed by atoms with Crippen LogP contribution in [0.3, 0.4) is 0 Å². The van der Waals surface area contributed by atoms with E-state index >= 15 is 0 Å². The molecule has 0 saturated carbocycles. The SMILES string of the molecule is O=c1ccc(C(F)(F)F)cn1Cc1ccc(CO)o1. The van der Waals surface area contributed by atoms with Crippen LogP contribution in [-0.4, -0.2) is 9.67 Å². The maximum atomic E-state index is 12.5. The van der Waals surface area contributed by atoms with Gasteiger partial charge in [-0.2, -0.15) is 13.2 Å². The van der Waals surface area contributed by atoms with Gasteiger partial charge in [-0.25, -0.2) is 0 Å². The zero-order valence-electron chi connectivity index (χ0n) is 9.65. The van der Waals surface area contributed by atoms with E-state index in [1.165, 1.54) is 12.1 Å². The summed E-state index contributed by atoms with van der Waals surface area (Å²) in [6.07, 6.45) is -3.77. The Morgan fingerprint density at radius 1 is 1.16 bits per heavy atom. The van der Waals surface area contributed by atoms with Crippen LogP contribution in [0, 0.1) is 0 Å². The van der Waals surface area contributed by atoms with E-state index in [4.69, 9.17) is 9.52 Å². The van der Waals surface area contributed by atoms with Crippen LogP contribution in [-0.2, 0) is 19.3 Å². The molecule has 2 aromatic rings. The molecule has 0 aliphatic heterocycles. The van der Waals surface area contributed by atoms with Crippen molar-refractivity contribution in [2.24, 2.45) is 0 Å². The third kappa shape index (κ3) is 3.05. The lowest BCUT2D eigenvalue weighted by atomic mass is 10.2. The number of halogens is 3. The van der Waals surface area contributed by atoms with Gasteiger partial charge in [-0.1, -0.05) is 0 Å². The van der Waals surface area contributed by atoms with Gasteiger partial charge >= 0.3 is 6.18 Å². The Bertz CT molecular complexity index is 628. The van der Waals surface area contributed by atoms with Gasteiger partial charge in [0, 0.05) is 12.3 Å². The van der Waals surface area contributed by atoms with Gasteiger partial charge in [-0.15, -0.1) is 0 Å². The molecule has 0 aliphatic rings. The molecule has 0 atom stereocenters. The van der Waals surface area contributed by atoms with Crippen LogP contribution in [0.15, 0.2) is 39.7 Å². The Hall–Kier alpha value is -2.02. The first-order valence-corrected chi connectivity index (χ1v) is 5.36. The fourth-order valence-electron chi connectivity index (χ4n) is 1.58. The Morgan fingerprint density at radius 3 is 2.42 bits per heavy atom. The number of aliphatic hydroxyl groups excluding tert-OH is 1. The first-order valence-electron chi connectivity index (χ1n) is 5.36. The molecule has 2 aromatic heterocycles. The van der Waals surface area contributed by atoms with Crippen molar-refractivity contribution in [3.63, 3.8) is 0 Å². The lowest BCUT2D eigenvalue weighted by Crippen LogP contribution is -2.21. The molecule has 0 radical (unpaired) electrons. The highest BCUT2D eigenvalue weighted by atomic mass is 19.4. The Kier molecular flexibility index (Phi) is 3.48. The number of hydrogen-bond acceptors (Lipinski definition) is 3. The molecule has 0 saturated heterocycles. The van der Waals surface area contributed by atoms with Gasteiger partial charge in [-0.05, 0) is 18.2 Å². The largest absolute Gasteiger partial charge is 0.462 e. The lowest BCUT2D eigenvalue weighted by molar-refractivity contribution is -0.138. The summed E-state index contributed by atoms with van der Waals surface area (Å²) in [5, 5.41) is 8.81. The zero-order valence-corrected chi connectivity index (χ0v) is 9.65. The van der Waals surface area contributed by atoms with Crippen LogP contribution in [0.25, 0.3) is 0 Å². The first kappa shape index (κ1) is 13.4. The monoisotopic (exact) mass is 273 g/mol. The third-order valence-electron chi connectivity index (χ3n) is 2.51. The third-order valence-corrected chi connectivity index (χ3v) is 2.51.